The Kier molecular flexibility index (Phi) is 24.3. The molecule has 0 aliphatic carbocycles. The zero-order chi connectivity index (χ0) is 65.1. The van der Waals surface area contributed by atoms with Crippen molar-refractivity contribution in [3.8, 4) is 0 Å². The van der Waals surface area contributed by atoms with Gasteiger partial charge in [0.15, 0.2) is 0 Å². The summed E-state index contributed by atoms with van der Waals surface area (Å²) in [7, 11) is -5.22. The van der Waals surface area contributed by atoms with Gasteiger partial charge in [0.2, 0.25) is 0 Å². The second kappa shape index (κ2) is 32.5. The highest BCUT2D eigenvalue weighted by Gasteiger charge is 2.18. The number of benzene rings is 4. The van der Waals surface area contributed by atoms with Crippen molar-refractivity contribution in [3.63, 3.8) is 0 Å². The Hall–Kier alpha value is -7.37. The van der Waals surface area contributed by atoms with E-state index in [-0.39, 0.29) is 0 Å². The molecule has 9 rings (SSSR count). The van der Waals surface area contributed by atoms with E-state index in [1.807, 2.05) is 0 Å². The minimum Gasteiger partial charge on any atom is -0.361 e. The first-order valence-corrected chi connectivity index (χ1v) is 47.8. The molecule has 1 aliphatic rings. The van der Waals surface area contributed by atoms with Gasteiger partial charge in [-0.1, -0.05) is 224 Å². The normalized spacial score (nSPS) is 13.3. The molecule has 5 heterocycles. The van der Waals surface area contributed by atoms with Gasteiger partial charge in [0.05, 0.1) is 0 Å². The van der Waals surface area contributed by atoms with Gasteiger partial charge < -0.3 is 37.2 Å². The first kappa shape index (κ1) is 69.0. The van der Waals surface area contributed by atoms with Gasteiger partial charge >= 0.3 is 0 Å². The molecule has 12 heteroatoms. The van der Waals surface area contributed by atoms with E-state index in [1.165, 1.54) is 0 Å². The summed E-state index contributed by atoms with van der Waals surface area (Å²) in [5, 5.41) is 0. The summed E-state index contributed by atoms with van der Waals surface area (Å²) in [4.78, 5) is 0. The predicted octanol–water partition coefficient (Wildman–Crippen LogP) is 21.8. The van der Waals surface area contributed by atoms with Gasteiger partial charge in [-0.25, -0.2) is 0 Å². The highest BCUT2D eigenvalue weighted by Crippen LogP contribution is 2.27. The number of nitrogens with zero attached hydrogens (tertiary/aromatic N) is 4. The van der Waals surface area contributed by atoms with Crippen LogP contribution in [-0.4, -0.2) is 77.0 Å². The number of rotatable bonds is 20. The summed E-state index contributed by atoms with van der Waals surface area (Å²) in [5.41, 5.74) is 17.6. The standard InChI is InChI=1S/C80H100N4O4Si4/c1-89(2,3)57-53-85-61-81-73-37-29-65-21-13-15-23-67(65)31-39-75-47-49-77(82(75)62-86-54-58-90(4,5)6)41-33-69-25-17-19-27-71(69)35-43-79-51-52-80(84(79)64-88-56-60-92(10,11)12)44-36-72-28-20-18-26-70(72)34-42-78-50-48-76(83(78)63-87-55-59-91(7,8)9)40-32-68-24-16-14-22-66(68)30-38-74(81)46-45-73/h13-52H,53-64H2,1-12H3. The maximum absolute atomic E-state index is 6.51. The monoisotopic (exact) mass is 1290 g/mol. The largest absolute Gasteiger partial charge is 0.361 e. The van der Waals surface area contributed by atoms with Crippen LogP contribution in [0, 0.1) is 0 Å². The third-order valence-electron chi connectivity index (χ3n) is 16.5. The summed E-state index contributed by atoms with van der Waals surface area (Å²) in [6.45, 7) is 33.6. The Morgan fingerprint density at radius 2 is 0.348 bits per heavy atom. The van der Waals surface area contributed by atoms with Crippen molar-refractivity contribution in [2.45, 2.75) is 130 Å². The maximum Gasteiger partial charge on any atom is 0.123 e. The topological polar surface area (TPSA) is 56.6 Å². The minimum absolute atomic E-state index is 0.455. The van der Waals surface area contributed by atoms with Gasteiger partial charge in [-0.15, -0.1) is 0 Å². The summed E-state index contributed by atoms with van der Waals surface area (Å²) < 4.78 is 35.2. The highest BCUT2D eigenvalue weighted by molar-refractivity contribution is 6.77. The summed E-state index contributed by atoms with van der Waals surface area (Å²) in [6, 6.07) is 56.6. The van der Waals surface area contributed by atoms with E-state index in [1.54, 1.807) is 0 Å². The molecule has 4 aromatic heterocycles. The van der Waals surface area contributed by atoms with Crippen molar-refractivity contribution >= 4 is 130 Å². The molecule has 8 bridgehead atoms. The highest BCUT2D eigenvalue weighted by atomic mass is 28.3. The lowest BCUT2D eigenvalue weighted by Crippen LogP contribution is -2.22. The lowest BCUT2D eigenvalue weighted by molar-refractivity contribution is 0.0866. The molecule has 480 valence electrons. The number of hydrogen-bond acceptors (Lipinski definition) is 4. The molecule has 0 amide bonds. The van der Waals surface area contributed by atoms with Crippen molar-refractivity contribution in [2.75, 3.05) is 26.4 Å². The SMILES string of the molecule is C[Si](C)(C)CCOCn1c2ccc1C=Cc1ccccc1C=Cc1ccc(n1COCC[Si](C)(C)C)C=Cc1ccccc1C=Cc1ccc(n1COCC[Si](C)(C)C)C=Cc1ccccc1C=Cc1ccc(n1COCC[Si](C)(C)C)C=Cc1ccccc1C=C2. The lowest BCUT2D eigenvalue weighted by Gasteiger charge is -2.17. The van der Waals surface area contributed by atoms with Crippen molar-refractivity contribution in [1.82, 2.24) is 18.3 Å². The van der Waals surface area contributed by atoms with Crippen molar-refractivity contribution < 1.29 is 18.9 Å². The zero-order valence-corrected chi connectivity index (χ0v) is 61.0. The molecule has 4 aromatic carbocycles. The second-order valence-electron chi connectivity index (χ2n) is 29.0. The molecule has 0 saturated carbocycles. The molecule has 0 saturated heterocycles. The third kappa shape index (κ3) is 21.3. The maximum atomic E-state index is 6.51. The smallest absolute Gasteiger partial charge is 0.123 e. The fraction of sp³-hybridized carbons (Fsp3) is 0.300. The van der Waals surface area contributed by atoms with E-state index in [0.29, 0.717) is 26.9 Å². The Bertz CT molecular complexity index is 3250. The lowest BCUT2D eigenvalue weighted by atomic mass is 10.1. The van der Waals surface area contributed by atoms with Gasteiger partial charge in [0.25, 0.3) is 0 Å². The molecule has 92 heavy (non-hydrogen) atoms. The molecular formula is C80H100N4O4Si4. The molecule has 0 unspecified atom stereocenters. The van der Waals surface area contributed by atoms with Gasteiger partial charge in [-0.2, -0.15) is 0 Å². The molecule has 8 aromatic rings. The molecule has 0 fully saturated rings. The second-order valence-corrected chi connectivity index (χ2v) is 51.5. The Balaban J connectivity index is 1.13. The van der Waals surface area contributed by atoms with Crippen LogP contribution in [0.15, 0.2) is 146 Å². The number of ether oxygens (including phenoxy) is 4. The molecule has 1 aliphatic heterocycles. The van der Waals surface area contributed by atoms with Gasteiger partial charge in [-0.05, 0) is 166 Å². The minimum atomic E-state index is -1.30. The first-order chi connectivity index (χ1) is 44.1. The Labute approximate surface area is 555 Å². The number of aromatic nitrogens is 4. The van der Waals surface area contributed by atoms with Crippen LogP contribution in [0.1, 0.15) is 90.1 Å². The average Bonchev–Trinajstić information content (AvgIpc) is 1.74. The van der Waals surface area contributed by atoms with E-state index in [0.717, 1.165) is 141 Å². The third-order valence-corrected chi connectivity index (χ3v) is 23.3. The molecular weight excluding hydrogens is 1190 g/mol. The van der Waals surface area contributed by atoms with Crippen LogP contribution in [0.25, 0.3) is 97.2 Å². The van der Waals surface area contributed by atoms with E-state index in [2.05, 4.69) is 340 Å². The van der Waals surface area contributed by atoms with E-state index >= 15 is 0 Å². The summed E-state index contributed by atoms with van der Waals surface area (Å²) in [6.07, 6.45) is 35.7. The molecule has 8 nitrogen and oxygen atoms in total. The molecule has 0 radical (unpaired) electrons. The number of hydrogen-bond donors (Lipinski definition) is 0. The Morgan fingerprint density at radius 3 is 0.478 bits per heavy atom. The van der Waals surface area contributed by atoms with Gasteiger partial charge in [-0.3, -0.25) is 0 Å². The summed E-state index contributed by atoms with van der Waals surface area (Å²) in [5.74, 6) is 0. The van der Waals surface area contributed by atoms with E-state index in [4.69, 9.17) is 18.9 Å². The quantitative estimate of drug-likeness (QED) is 0.0564. The first-order valence-electron chi connectivity index (χ1n) is 33.0. The van der Waals surface area contributed by atoms with Crippen LogP contribution >= 0.6 is 0 Å². The fourth-order valence-corrected chi connectivity index (χ4v) is 13.6. The van der Waals surface area contributed by atoms with Crippen LogP contribution in [0.3, 0.4) is 0 Å². The van der Waals surface area contributed by atoms with Crippen molar-refractivity contribution in [3.05, 3.63) is 236 Å². The van der Waals surface area contributed by atoms with Gasteiger partial charge in [0.1, 0.15) is 26.9 Å². The van der Waals surface area contributed by atoms with Crippen molar-refractivity contribution in [2.24, 2.45) is 0 Å². The van der Waals surface area contributed by atoms with Crippen LogP contribution in [0.5, 0.6) is 0 Å². The average molecular weight is 1290 g/mol. The van der Waals surface area contributed by atoms with Crippen LogP contribution < -0.4 is 0 Å². The molecule has 0 spiro atoms. The fourth-order valence-electron chi connectivity index (χ4n) is 10.6. The van der Waals surface area contributed by atoms with E-state index in [9.17, 15) is 0 Å². The van der Waals surface area contributed by atoms with Crippen LogP contribution in [-0.2, 0) is 45.9 Å². The summed E-state index contributed by atoms with van der Waals surface area (Å²) >= 11 is 0. The van der Waals surface area contributed by atoms with E-state index < -0.39 is 32.3 Å². The van der Waals surface area contributed by atoms with Gasteiger partial charge in [0, 0.05) is 104 Å². The van der Waals surface area contributed by atoms with Crippen LogP contribution in [0.2, 0.25) is 103 Å². The number of fused-ring (bicyclic) bond motifs is 12. The Morgan fingerprint density at radius 1 is 0.207 bits per heavy atom. The van der Waals surface area contributed by atoms with Crippen LogP contribution in [0.4, 0.5) is 0 Å². The van der Waals surface area contributed by atoms with Crippen molar-refractivity contribution in [1.29, 1.82) is 0 Å². The predicted molar refractivity (Wildman–Crippen MR) is 411 cm³/mol. The molecule has 0 N–H and O–H groups in total. The zero-order valence-electron chi connectivity index (χ0n) is 57.0. The molecule has 0 atom stereocenters.